The zero-order chi connectivity index (χ0) is 16.4. The van der Waals surface area contributed by atoms with E-state index in [2.05, 4.69) is 20.6 Å². The fourth-order valence-electron chi connectivity index (χ4n) is 2.54. The number of nitrogens with one attached hydrogen (secondary N) is 2. The average molecular weight is 312 g/mol. The van der Waals surface area contributed by atoms with Crippen LogP contribution in [0.5, 0.6) is 0 Å². The molecule has 2 N–H and O–H groups in total. The van der Waals surface area contributed by atoms with Gasteiger partial charge in [-0.3, -0.25) is 4.90 Å². The maximum atomic E-state index is 11.8. The smallest absolute Gasteiger partial charge is 0.321 e. The molecule has 23 heavy (non-hydrogen) atoms. The topological polar surface area (TPSA) is 73.4 Å². The van der Waals surface area contributed by atoms with Gasteiger partial charge in [-0.05, 0) is 25.1 Å². The highest BCUT2D eigenvalue weighted by Gasteiger charge is 2.21. The quantitative estimate of drug-likeness (QED) is 0.905. The Morgan fingerprint density at radius 2 is 2.17 bits per heavy atom. The van der Waals surface area contributed by atoms with E-state index >= 15 is 0 Å². The molecule has 0 atom stereocenters. The van der Waals surface area contributed by atoms with E-state index < -0.39 is 0 Å². The number of benzene rings is 1. The van der Waals surface area contributed by atoms with Crippen LogP contribution in [0.2, 0.25) is 0 Å². The van der Waals surface area contributed by atoms with Crippen LogP contribution in [0.25, 0.3) is 0 Å². The lowest BCUT2D eigenvalue weighted by molar-refractivity contribution is 0.252. The summed E-state index contributed by atoms with van der Waals surface area (Å²) >= 11 is 0. The number of nitrogens with zero attached hydrogens (tertiary/aromatic N) is 4. The molecule has 1 aliphatic heterocycles. The van der Waals surface area contributed by atoms with E-state index in [1.807, 2.05) is 50.2 Å². The lowest BCUT2D eigenvalue weighted by Gasteiger charge is -2.17. The number of hydrogen-bond acceptors (Lipinski definition) is 5. The van der Waals surface area contributed by atoms with Crippen LogP contribution in [-0.4, -0.2) is 43.2 Å². The highest BCUT2D eigenvalue weighted by Crippen LogP contribution is 2.23. The number of anilines is 4. The first kappa shape index (κ1) is 15.1. The SMILES string of the molecule is Cc1cnc(Nc2cccc(N3CCNC3=O)c2)nc1N(C)C. The van der Waals surface area contributed by atoms with Crippen molar-refractivity contribution in [3.8, 4) is 0 Å². The lowest BCUT2D eigenvalue weighted by atomic mass is 10.2. The fraction of sp³-hybridized carbons (Fsp3) is 0.312. The summed E-state index contributed by atoms with van der Waals surface area (Å²) < 4.78 is 0. The number of urea groups is 1. The molecule has 1 aromatic carbocycles. The van der Waals surface area contributed by atoms with E-state index in [-0.39, 0.29) is 6.03 Å². The Morgan fingerprint density at radius 1 is 1.35 bits per heavy atom. The van der Waals surface area contributed by atoms with Gasteiger partial charge in [-0.25, -0.2) is 9.78 Å². The van der Waals surface area contributed by atoms with Gasteiger partial charge in [0.2, 0.25) is 5.95 Å². The Morgan fingerprint density at radius 3 is 2.87 bits per heavy atom. The van der Waals surface area contributed by atoms with Crippen LogP contribution in [0.1, 0.15) is 5.56 Å². The summed E-state index contributed by atoms with van der Waals surface area (Å²) in [5.74, 6) is 1.40. The second-order valence-electron chi connectivity index (χ2n) is 5.65. The van der Waals surface area contributed by atoms with E-state index in [1.54, 1.807) is 11.1 Å². The monoisotopic (exact) mass is 312 g/mol. The zero-order valence-electron chi connectivity index (χ0n) is 13.5. The van der Waals surface area contributed by atoms with Gasteiger partial charge in [0.05, 0.1) is 0 Å². The molecule has 0 aliphatic carbocycles. The predicted octanol–water partition coefficient (Wildman–Crippen LogP) is 2.12. The second-order valence-corrected chi connectivity index (χ2v) is 5.65. The van der Waals surface area contributed by atoms with Crippen molar-refractivity contribution in [1.29, 1.82) is 0 Å². The average Bonchev–Trinajstić information content (AvgIpc) is 2.95. The van der Waals surface area contributed by atoms with Gasteiger partial charge in [0, 0.05) is 50.3 Å². The van der Waals surface area contributed by atoms with Gasteiger partial charge in [0.1, 0.15) is 5.82 Å². The van der Waals surface area contributed by atoms with E-state index in [0.29, 0.717) is 19.0 Å². The molecule has 0 saturated carbocycles. The molecule has 1 aromatic heterocycles. The fourth-order valence-corrected chi connectivity index (χ4v) is 2.54. The molecule has 3 rings (SSSR count). The minimum absolute atomic E-state index is 0.0661. The number of hydrogen-bond donors (Lipinski definition) is 2. The van der Waals surface area contributed by atoms with Crippen molar-refractivity contribution in [2.24, 2.45) is 0 Å². The van der Waals surface area contributed by atoms with E-state index in [1.165, 1.54) is 0 Å². The van der Waals surface area contributed by atoms with Crippen LogP contribution in [0.4, 0.5) is 27.9 Å². The predicted molar refractivity (Wildman–Crippen MR) is 91.6 cm³/mol. The normalized spacial score (nSPS) is 13.9. The van der Waals surface area contributed by atoms with Crippen LogP contribution >= 0.6 is 0 Å². The molecular weight excluding hydrogens is 292 g/mol. The van der Waals surface area contributed by atoms with E-state index in [4.69, 9.17) is 0 Å². The van der Waals surface area contributed by atoms with E-state index in [9.17, 15) is 4.79 Å². The summed E-state index contributed by atoms with van der Waals surface area (Å²) in [6.45, 7) is 3.32. The Bertz CT molecular complexity index is 730. The molecule has 2 aromatic rings. The maximum absolute atomic E-state index is 11.8. The second kappa shape index (κ2) is 6.12. The Balaban J connectivity index is 1.83. The molecule has 7 nitrogen and oxygen atoms in total. The summed E-state index contributed by atoms with van der Waals surface area (Å²) in [6.07, 6.45) is 1.79. The number of aromatic nitrogens is 2. The third-order valence-corrected chi connectivity index (χ3v) is 3.64. The molecule has 0 radical (unpaired) electrons. The van der Waals surface area contributed by atoms with Crippen molar-refractivity contribution in [3.63, 3.8) is 0 Å². The number of rotatable bonds is 4. The highest BCUT2D eigenvalue weighted by molar-refractivity contribution is 5.94. The molecule has 0 spiro atoms. The molecule has 1 aliphatic rings. The van der Waals surface area contributed by atoms with Gasteiger partial charge in [0.15, 0.2) is 0 Å². The molecule has 0 unspecified atom stereocenters. The molecule has 1 saturated heterocycles. The van der Waals surface area contributed by atoms with Crippen LogP contribution in [-0.2, 0) is 0 Å². The summed E-state index contributed by atoms with van der Waals surface area (Å²) in [5, 5.41) is 6.00. The molecular formula is C16H20N6O. The summed E-state index contributed by atoms with van der Waals surface area (Å²) in [6, 6.07) is 7.60. The van der Waals surface area contributed by atoms with Crippen molar-refractivity contribution < 1.29 is 4.79 Å². The van der Waals surface area contributed by atoms with Gasteiger partial charge >= 0.3 is 6.03 Å². The summed E-state index contributed by atoms with van der Waals surface area (Å²) in [4.78, 5) is 24.3. The van der Waals surface area contributed by atoms with Gasteiger partial charge in [0.25, 0.3) is 0 Å². The number of carbonyl (C=O) groups excluding carboxylic acids is 1. The third-order valence-electron chi connectivity index (χ3n) is 3.64. The molecule has 2 amide bonds. The highest BCUT2D eigenvalue weighted by atomic mass is 16.2. The van der Waals surface area contributed by atoms with Crippen molar-refractivity contribution in [3.05, 3.63) is 36.0 Å². The first-order chi connectivity index (χ1) is 11.0. The van der Waals surface area contributed by atoms with Crippen molar-refractivity contribution >= 4 is 29.2 Å². The van der Waals surface area contributed by atoms with Crippen LogP contribution in [0, 0.1) is 6.92 Å². The first-order valence-electron chi connectivity index (χ1n) is 7.48. The van der Waals surface area contributed by atoms with Gasteiger partial charge in [-0.2, -0.15) is 4.98 Å². The molecule has 120 valence electrons. The van der Waals surface area contributed by atoms with Gasteiger partial charge < -0.3 is 15.5 Å². The standard InChI is InChI=1S/C16H20N6O/c1-11-10-18-15(20-14(11)21(2)3)19-12-5-4-6-13(9-12)22-8-7-17-16(22)23/h4-6,9-10H,7-8H2,1-3H3,(H,17,23)(H,18,19,20). The number of carbonyl (C=O) groups is 1. The zero-order valence-corrected chi connectivity index (χ0v) is 13.5. The summed E-state index contributed by atoms with van der Waals surface area (Å²) in [5.41, 5.74) is 2.71. The van der Waals surface area contributed by atoms with Crippen molar-refractivity contribution in [2.45, 2.75) is 6.92 Å². The van der Waals surface area contributed by atoms with Crippen LogP contribution < -0.4 is 20.4 Å². The molecule has 1 fully saturated rings. The lowest BCUT2D eigenvalue weighted by Crippen LogP contribution is -2.27. The number of aryl methyl sites for hydroxylation is 1. The Labute approximate surface area is 135 Å². The van der Waals surface area contributed by atoms with Crippen LogP contribution in [0.15, 0.2) is 30.5 Å². The molecule has 7 heteroatoms. The minimum atomic E-state index is -0.0661. The van der Waals surface area contributed by atoms with Gasteiger partial charge in [-0.15, -0.1) is 0 Å². The van der Waals surface area contributed by atoms with Crippen molar-refractivity contribution in [2.75, 3.05) is 42.3 Å². The first-order valence-corrected chi connectivity index (χ1v) is 7.48. The maximum Gasteiger partial charge on any atom is 0.321 e. The van der Waals surface area contributed by atoms with Gasteiger partial charge in [-0.1, -0.05) is 6.07 Å². The minimum Gasteiger partial charge on any atom is -0.362 e. The number of amides is 2. The Kier molecular flexibility index (Phi) is 4.01. The molecule has 0 bridgehead atoms. The largest absolute Gasteiger partial charge is 0.362 e. The third kappa shape index (κ3) is 3.18. The molecule has 2 heterocycles. The van der Waals surface area contributed by atoms with Crippen molar-refractivity contribution in [1.82, 2.24) is 15.3 Å². The van der Waals surface area contributed by atoms with Crippen LogP contribution in [0.3, 0.4) is 0 Å². The Hall–Kier alpha value is -2.83. The summed E-state index contributed by atoms with van der Waals surface area (Å²) in [7, 11) is 3.90. The van der Waals surface area contributed by atoms with E-state index in [0.717, 1.165) is 22.8 Å².